The number of benzene rings is 1. The second kappa shape index (κ2) is 8.03. The molecule has 0 spiro atoms. The van der Waals surface area contributed by atoms with Crippen molar-refractivity contribution in [2.45, 2.75) is 63.5 Å². The number of hydrogen-bond donors (Lipinski definition) is 2. The molecule has 3 heterocycles. The van der Waals surface area contributed by atoms with E-state index in [0.29, 0.717) is 18.8 Å². The molecule has 5 rings (SSSR count). The molecule has 1 aliphatic carbocycles. The summed E-state index contributed by atoms with van der Waals surface area (Å²) in [6, 6.07) is 6.59. The van der Waals surface area contributed by atoms with Crippen molar-refractivity contribution in [1.29, 1.82) is 0 Å². The van der Waals surface area contributed by atoms with E-state index in [2.05, 4.69) is 38.7 Å². The zero-order chi connectivity index (χ0) is 18.8. The molecular formula is C22H30N4O2. The number of aromatic nitrogens is 2. The lowest BCUT2D eigenvalue weighted by Crippen LogP contribution is -2.41. The minimum Gasteiger partial charge on any atom is -0.454 e. The monoisotopic (exact) mass is 382 g/mol. The first-order chi connectivity index (χ1) is 13.8. The second-order valence-electron chi connectivity index (χ2n) is 8.43. The Kier molecular flexibility index (Phi) is 5.12. The van der Waals surface area contributed by atoms with E-state index in [-0.39, 0.29) is 0 Å². The van der Waals surface area contributed by atoms with Crippen molar-refractivity contribution in [3.8, 4) is 11.5 Å². The van der Waals surface area contributed by atoms with Crippen LogP contribution < -0.4 is 14.8 Å². The van der Waals surface area contributed by atoms with Gasteiger partial charge in [0.2, 0.25) is 6.79 Å². The highest BCUT2D eigenvalue weighted by Crippen LogP contribution is 2.35. The first kappa shape index (κ1) is 17.9. The number of piperidine rings is 1. The summed E-state index contributed by atoms with van der Waals surface area (Å²) in [6.45, 7) is 3.55. The molecule has 1 aromatic heterocycles. The molecule has 0 radical (unpaired) electrons. The van der Waals surface area contributed by atoms with Gasteiger partial charge in [0.25, 0.3) is 0 Å². The van der Waals surface area contributed by atoms with E-state index in [4.69, 9.17) is 9.47 Å². The number of hydrogen-bond acceptors (Lipinski definition) is 5. The van der Waals surface area contributed by atoms with Crippen molar-refractivity contribution >= 4 is 5.69 Å². The zero-order valence-electron chi connectivity index (χ0n) is 16.5. The van der Waals surface area contributed by atoms with Crippen LogP contribution in [0.4, 0.5) is 5.69 Å². The summed E-state index contributed by atoms with van der Waals surface area (Å²) in [6.07, 6.45) is 11.2. The van der Waals surface area contributed by atoms with Gasteiger partial charge in [-0.1, -0.05) is 19.3 Å². The molecule has 28 heavy (non-hydrogen) atoms. The van der Waals surface area contributed by atoms with E-state index in [1.807, 2.05) is 6.07 Å². The molecule has 2 aromatic rings. The van der Waals surface area contributed by atoms with Gasteiger partial charge in [0.15, 0.2) is 11.5 Å². The van der Waals surface area contributed by atoms with Crippen LogP contribution in [0.15, 0.2) is 24.4 Å². The Morgan fingerprint density at radius 3 is 2.89 bits per heavy atom. The topological polar surface area (TPSA) is 62.4 Å². The lowest BCUT2D eigenvalue weighted by molar-refractivity contribution is 0.174. The molecule has 2 aliphatic heterocycles. The fourth-order valence-electron chi connectivity index (χ4n) is 4.97. The minimum absolute atomic E-state index is 0.323. The van der Waals surface area contributed by atoms with Gasteiger partial charge >= 0.3 is 0 Å². The Morgan fingerprint density at radius 1 is 1.07 bits per heavy atom. The molecule has 1 atom stereocenters. The van der Waals surface area contributed by atoms with Crippen molar-refractivity contribution in [3.05, 3.63) is 35.7 Å². The maximum Gasteiger partial charge on any atom is 0.231 e. The largest absolute Gasteiger partial charge is 0.454 e. The lowest BCUT2D eigenvalue weighted by atomic mass is 9.85. The normalized spacial score (nSPS) is 23.1. The molecule has 2 N–H and O–H groups in total. The molecule has 3 aliphatic rings. The third kappa shape index (κ3) is 3.83. The number of ether oxygens (including phenoxy) is 2. The van der Waals surface area contributed by atoms with E-state index < -0.39 is 0 Å². The number of anilines is 1. The molecule has 2 fully saturated rings. The van der Waals surface area contributed by atoms with E-state index in [1.165, 1.54) is 56.2 Å². The van der Waals surface area contributed by atoms with Crippen LogP contribution in [0.25, 0.3) is 0 Å². The van der Waals surface area contributed by atoms with Crippen molar-refractivity contribution in [3.63, 3.8) is 0 Å². The van der Waals surface area contributed by atoms with Crippen LogP contribution in [0.3, 0.4) is 0 Å². The maximum atomic E-state index is 5.51. The average Bonchev–Trinajstić information content (AvgIpc) is 3.38. The highest BCUT2D eigenvalue weighted by atomic mass is 16.7. The number of rotatable bonds is 5. The van der Waals surface area contributed by atoms with Gasteiger partial charge < -0.3 is 14.8 Å². The van der Waals surface area contributed by atoms with Crippen LogP contribution in [0.2, 0.25) is 0 Å². The van der Waals surface area contributed by atoms with E-state index in [0.717, 1.165) is 36.8 Å². The molecule has 1 saturated heterocycles. The Labute approximate surface area is 166 Å². The molecule has 0 bridgehead atoms. The third-order valence-corrected chi connectivity index (χ3v) is 6.41. The Morgan fingerprint density at radius 2 is 1.96 bits per heavy atom. The van der Waals surface area contributed by atoms with Gasteiger partial charge in [0.1, 0.15) is 0 Å². The van der Waals surface area contributed by atoms with Crippen molar-refractivity contribution in [2.75, 3.05) is 25.2 Å². The number of aromatic amines is 1. The zero-order valence-corrected chi connectivity index (χ0v) is 16.5. The highest BCUT2D eigenvalue weighted by Gasteiger charge is 2.24. The number of H-pyrrole nitrogens is 1. The van der Waals surface area contributed by atoms with Crippen LogP contribution in [0.1, 0.15) is 62.1 Å². The minimum atomic E-state index is 0.323. The van der Waals surface area contributed by atoms with Gasteiger partial charge in [0, 0.05) is 48.1 Å². The van der Waals surface area contributed by atoms with Crippen LogP contribution in [-0.2, 0) is 6.54 Å². The molecule has 1 aromatic carbocycles. The first-order valence-electron chi connectivity index (χ1n) is 10.8. The molecule has 1 saturated carbocycles. The summed E-state index contributed by atoms with van der Waals surface area (Å²) in [5.74, 6) is 2.36. The van der Waals surface area contributed by atoms with Crippen LogP contribution >= 0.6 is 0 Å². The predicted molar refractivity (Wildman–Crippen MR) is 109 cm³/mol. The summed E-state index contributed by atoms with van der Waals surface area (Å²) < 4.78 is 10.9. The second-order valence-corrected chi connectivity index (χ2v) is 8.43. The molecule has 150 valence electrons. The molecule has 6 heteroatoms. The summed E-state index contributed by atoms with van der Waals surface area (Å²) in [7, 11) is 0. The Balaban J connectivity index is 1.21. The van der Waals surface area contributed by atoms with Crippen molar-refractivity contribution in [1.82, 2.24) is 15.1 Å². The average molecular weight is 383 g/mol. The lowest BCUT2D eigenvalue weighted by Gasteiger charge is -2.34. The maximum absolute atomic E-state index is 5.51. The van der Waals surface area contributed by atoms with E-state index >= 15 is 0 Å². The van der Waals surface area contributed by atoms with E-state index in [1.54, 1.807) is 0 Å². The van der Waals surface area contributed by atoms with Gasteiger partial charge in [-0.05, 0) is 44.4 Å². The number of nitrogens with zero attached hydrogens (tertiary/aromatic N) is 2. The summed E-state index contributed by atoms with van der Waals surface area (Å²) in [5.41, 5.74) is 3.91. The Bertz CT molecular complexity index is 800. The quantitative estimate of drug-likeness (QED) is 0.809. The summed E-state index contributed by atoms with van der Waals surface area (Å²) in [4.78, 5) is 2.57. The SMILES string of the molecule is c1cc2c(cc1NC1CCCN(Cc3cn[nH]c3C3CCCCC3)C1)OCO2. The van der Waals surface area contributed by atoms with Gasteiger partial charge in [-0.2, -0.15) is 5.10 Å². The van der Waals surface area contributed by atoms with E-state index in [9.17, 15) is 0 Å². The fraction of sp³-hybridized carbons (Fsp3) is 0.591. The summed E-state index contributed by atoms with van der Waals surface area (Å²) in [5, 5.41) is 11.4. The molecule has 1 unspecified atom stereocenters. The third-order valence-electron chi connectivity index (χ3n) is 6.41. The highest BCUT2D eigenvalue weighted by molar-refractivity contribution is 5.56. The molecule has 0 amide bonds. The fourth-order valence-corrected chi connectivity index (χ4v) is 4.97. The van der Waals surface area contributed by atoms with Gasteiger partial charge in [-0.3, -0.25) is 10.00 Å². The van der Waals surface area contributed by atoms with Crippen LogP contribution in [0.5, 0.6) is 11.5 Å². The number of likely N-dealkylation sites (tertiary alicyclic amines) is 1. The standard InChI is InChI=1S/C22H30N4O2/c1-2-5-16(6-3-1)22-17(12-23-25-22)13-26-10-4-7-19(14-26)24-18-8-9-20-21(11-18)28-15-27-20/h8-9,11-12,16,19,24H,1-7,10,13-15H2,(H,23,25). The predicted octanol–water partition coefficient (Wildman–Crippen LogP) is 4.26. The number of nitrogens with one attached hydrogen (secondary N) is 2. The number of fused-ring (bicyclic) bond motifs is 1. The first-order valence-corrected chi connectivity index (χ1v) is 10.8. The summed E-state index contributed by atoms with van der Waals surface area (Å²) >= 11 is 0. The molecule has 6 nitrogen and oxygen atoms in total. The molecular weight excluding hydrogens is 352 g/mol. The van der Waals surface area contributed by atoms with Gasteiger partial charge in [-0.15, -0.1) is 0 Å². The van der Waals surface area contributed by atoms with Crippen LogP contribution in [0, 0.1) is 0 Å². The van der Waals surface area contributed by atoms with Gasteiger partial charge in [-0.25, -0.2) is 0 Å². The van der Waals surface area contributed by atoms with Crippen molar-refractivity contribution < 1.29 is 9.47 Å². The van der Waals surface area contributed by atoms with Crippen LogP contribution in [-0.4, -0.2) is 41.0 Å². The van der Waals surface area contributed by atoms with Crippen molar-refractivity contribution in [2.24, 2.45) is 0 Å². The van der Waals surface area contributed by atoms with Gasteiger partial charge in [0.05, 0.1) is 6.20 Å². The smallest absolute Gasteiger partial charge is 0.231 e. The Hall–Kier alpha value is -2.21.